The quantitative estimate of drug-likeness (QED) is 0.398. The van der Waals surface area contributed by atoms with E-state index in [0.29, 0.717) is 18.4 Å². The molecule has 3 heteroatoms. The third kappa shape index (κ3) is 3.48. The maximum atomic E-state index is 11.8. The minimum atomic E-state index is -0.0590. The molecule has 1 fully saturated rings. The van der Waals surface area contributed by atoms with E-state index in [1.54, 1.807) is 0 Å². The van der Waals surface area contributed by atoms with Gasteiger partial charge in [0.2, 0.25) is 0 Å². The molecule has 94 valence electrons. The van der Waals surface area contributed by atoms with Crippen molar-refractivity contribution in [3.63, 3.8) is 0 Å². The zero-order valence-corrected chi connectivity index (χ0v) is 10.7. The van der Waals surface area contributed by atoms with Crippen molar-refractivity contribution in [3.8, 4) is 0 Å². The van der Waals surface area contributed by atoms with E-state index in [1.165, 1.54) is 12.8 Å². The highest BCUT2D eigenvalue weighted by atomic mass is 16.7. The van der Waals surface area contributed by atoms with Gasteiger partial charge < -0.3 is 9.47 Å². The second kappa shape index (κ2) is 6.89. The molecule has 3 unspecified atom stereocenters. The number of carbonyl (C=O) groups excluding carboxylic acids is 1. The van der Waals surface area contributed by atoms with Gasteiger partial charge in [-0.15, -0.1) is 0 Å². The molecule has 16 heavy (non-hydrogen) atoms. The van der Waals surface area contributed by atoms with E-state index in [9.17, 15) is 4.79 Å². The lowest BCUT2D eigenvalue weighted by Crippen LogP contribution is -2.22. The molecule has 0 aromatic rings. The average molecular weight is 228 g/mol. The van der Waals surface area contributed by atoms with E-state index in [-0.39, 0.29) is 18.7 Å². The third-order valence-corrected chi connectivity index (χ3v) is 3.69. The monoisotopic (exact) mass is 228 g/mol. The summed E-state index contributed by atoms with van der Waals surface area (Å²) in [5, 5.41) is 0. The first kappa shape index (κ1) is 13.5. The van der Waals surface area contributed by atoms with Crippen LogP contribution in [-0.2, 0) is 14.3 Å². The van der Waals surface area contributed by atoms with Crippen molar-refractivity contribution in [2.24, 2.45) is 17.8 Å². The first-order valence-corrected chi connectivity index (χ1v) is 6.47. The van der Waals surface area contributed by atoms with Crippen molar-refractivity contribution < 1.29 is 14.3 Å². The first-order chi connectivity index (χ1) is 7.72. The van der Waals surface area contributed by atoms with Crippen LogP contribution < -0.4 is 0 Å². The number of ether oxygens (including phenoxy) is 2. The van der Waals surface area contributed by atoms with Crippen LogP contribution in [0.4, 0.5) is 0 Å². The Morgan fingerprint density at radius 1 is 1.19 bits per heavy atom. The van der Waals surface area contributed by atoms with Gasteiger partial charge in [0, 0.05) is 6.61 Å². The standard InChI is InChI=1S/C13H24O3/c1-4-10-7-11(5-2)12(8-10)13(14)16-9-15-6-3/h10-12H,4-9H2,1-3H3. The smallest absolute Gasteiger partial charge is 0.311 e. The zero-order valence-electron chi connectivity index (χ0n) is 10.7. The molecular formula is C13H24O3. The predicted octanol–water partition coefficient (Wildman–Crippen LogP) is 2.99. The van der Waals surface area contributed by atoms with Gasteiger partial charge in [-0.25, -0.2) is 0 Å². The highest BCUT2D eigenvalue weighted by Crippen LogP contribution is 2.40. The Balaban J connectivity index is 2.41. The highest BCUT2D eigenvalue weighted by Gasteiger charge is 2.37. The lowest BCUT2D eigenvalue weighted by molar-refractivity contribution is -0.162. The molecule has 1 rings (SSSR count). The summed E-state index contributed by atoms with van der Waals surface area (Å²) in [6, 6.07) is 0. The third-order valence-electron chi connectivity index (χ3n) is 3.69. The van der Waals surface area contributed by atoms with Gasteiger partial charge in [-0.3, -0.25) is 4.79 Å². The molecule has 3 atom stereocenters. The highest BCUT2D eigenvalue weighted by molar-refractivity contribution is 5.73. The summed E-state index contributed by atoms with van der Waals surface area (Å²) in [6.07, 6.45) is 4.43. The van der Waals surface area contributed by atoms with Crippen molar-refractivity contribution in [3.05, 3.63) is 0 Å². The van der Waals surface area contributed by atoms with Crippen LogP contribution in [0, 0.1) is 17.8 Å². The van der Waals surface area contributed by atoms with Crippen molar-refractivity contribution in [1.82, 2.24) is 0 Å². The molecular weight excluding hydrogens is 204 g/mol. The Bertz CT molecular complexity index is 215. The van der Waals surface area contributed by atoms with Crippen LogP contribution in [0.3, 0.4) is 0 Å². The Hall–Kier alpha value is -0.570. The van der Waals surface area contributed by atoms with Crippen LogP contribution in [-0.4, -0.2) is 19.4 Å². The molecule has 1 aliphatic carbocycles. The van der Waals surface area contributed by atoms with Crippen molar-refractivity contribution in [2.75, 3.05) is 13.4 Å². The van der Waals surface area contributed by atoms with E-state index in [2.05, 4.69) is 13.8 Å². The van der Waals surface area contributed by atoms with E-state index in [4.69, 9.17) is 9.47 Å². The van der Waals surface area contributed by atoms with Gasteiger partial charge in [0.25, 0.3) is 0 Å². The molecule has 0 bridgehead atoms. The van der Waals surface area contributed by atoms with Gasteiger partial charge >= 0.3 is 5.97 Å². The fourth-order valence-electron chi connectivity index (χ4n) is 2.60. The molecule has 1 saturated carbocycles. The summed E-state index contributed by atoms with van der Waals surface area (Å²) in [6.45, 7) is 6.95. The van der Waals surface area contributed by atoms with Crippen LogP contribution in [0.5, 0.6) is 0 Å². The summed E-state index contributed by atoms with van der Waals surface area (Å²) in [5.41, 5.74) is 0. The fraction of sp³-hybridized carbons (Fsp3) is 0.923. The van der Waals surface area contributed by atoms with Crippen LogP contribution in [0.15, 0.2) is 0 Å². The normalized spacial score (nSPS) is 29.3. The van der Waals surface area contributed by atoms with Gasteiger partial charge in [-0.05, 0) is 31.6 Å². The average Bonchev–Trinajstić information content (AvgIpc) is 2.72. The minimum absolute atomic E-state index is 0.0590. The van der Waals surface area contributed by atoms with E-state index < -0.39 is 0 Å². The molecule has 0 radical (unpaired) electrons. The molecule has 0 heterocycles. The van der Waals surface area contributed by atoms with Gasteiger partial charge in [-0.2, -0.15) is 0 Å². The van der Waals surface area contributed by atoms with Gasteiger partial charge in [0.15, 0.2) is 6.79 Å². The lowest BCUT2D eigenvalue weighted by Gasteiger charge is -2.16. The van der Waals surface area contributed by atoms with Crippen LogP contribution in [0.1, 0.15) is 46.5 Å². The van der Waals surface area contributed by atoms with Crippen molar-refractivity contribution in [2.45, 2.75) is 46.5 Å². The lowest BCUT2D eigenvalue weighted by atomic mass is 9.94. The zero-order chi connectivity index (χ0) is 12.0. The van der Waals surface area contributed by atoms with Crippen molar-refractivity contribution >= 4 is 5.97 Å². The van der Waals surface area contributed by atoms with Gasteiger partial charge in [0.1, 0.15) is 0 Å². The number of hydrogen-bond donors (Lipinski definition) is 0. The molecule has 0 spiro atoms. The van der Waals surface area contributed by atoms with Crippen LogP contribution in [0.25, 0.3) is 0 Å². The van der Waals surface area contributed by atoms with E-state index in [0.717, 1.165) is 12.8 Å². The Kier molecular flexibility index (Phi) is 5.81. The van der Waals surface area contributed by atoms with E-state index in [1.807, 2.05) is 6.92 Å². The maximum Gasteiger partial charge on any atom is 0.311 e. The SMILES string of the molecule is CCOCOC(=O)C1CC(CC)CC1CC. The molecule has 3 nitrogen and oxygen atoms in total. The number of esters is 1. The Labute approximate surface area is 98.5 Å². The summed E-state index contributed by atoms with van der Waals surface area (Å²) in [5.74, 6) is 1.26. The Morgan fingerprint density at radius 3 is 2.50 bits per heavy atom. The largest absolute Gasteiger partial charge is 0.438 e. The molecule has 0 saturated heterocycles. The van der Waals surface area contributed by atoms with Gasteiger partial charge in [-0.1, -0.05) is 26.7 Å². The molecule has 0 aromatic heterocycles. The van der Waals surface area contributed by atoms with Crippen LogP contribution >= 0.6 is 0 Å². The van der Waals surface area contributed by atoms with E-state index >= 15 is 0 Å². The number of rotatable bonds is 6. The summed E-state index contributed by atoms with van der Waals surface area (Å²) in [7, 11) is 0. The summed E-state index contributed by atoms with van der Waals surface area (Å²) >= 11 is 0. The second-order valence-corrected chi connectivity index (χ2v) is 4.59. The van der Waals surface area contributed by atoms with Crippen LogP contribution in [0.2, 0.25) is 0 Å². The molecule has 0 aliphatic heterocycles. The fourth-order valence-corrected chi connectivity index (χ4v) is 2.60. The first-order valence-electron chi connectivity index (χ1n) is 6.47. The molecule has 1 aliphatic rings. The van der Waals surface area contributed by atoms with Gasteiger partial charge in [0.05, 0.1) is 5.92 Å². The molecule has 0 amide bonds. The Morgan fingerprint density at radius 2 is 1.94 bits per heavy atom. The summed E-state index contributed by atoms with van der Waals surface area (Å²) in [4.78, 5) is 11.8. The minimum Gasteiger partial charge on any atom is -0.438 e. The molecule has 0 aromatic carbocycles. The molecule has 0 N–H and O–H groups in total. The topological polar surface area (TPSA) is 35.5 Å². The maximum absolute atomic E-state index is 11.8. The number of carbonyl (C=O) groups is 1. The van der Waals surface area contributed by atoms with Crippen molar-refractivity contribution in [1.29, 1.82) is 0 Å². The predicted molar refractivity (Wildman–Crippen MR) is 62.9 cm³/mol. The summed E-state index contributed by atoms with van der Waals surface area (Å²) < 4.78 is 10.2. The number of hydrogen-bond acceptors (Lipinski definition) is 3. The second-order valence-electron chi connectivity index (χ2n) is 4.59.